The van der Waals surface area contributed by atoms with Gasteiger partial charge < -0.3 is 25.1 Å². The molecule has 3 aromatic rings. The Morgan fingerprint density at radius 1 is 1.12 bits per heavy atom. The molecule has 1 aliphatic heterocycles. The van der Waals surface area contributed by atoms with Crippen LogP contribution in [0.15, 0.2) is 48.5 Å². The quantitative estimate of drug-likeness (QED) is 0.219. The summed E-state index contributed by atoms with van der Waals surface area (Å²) in [5.41, 5.74) is 6.81. The van der Waals surface area contributed by atoms with E-state index in [1.807, 2.05) is 0 Å². The van der Waals surface area contributed by atoms with Crippen molar-refractivity contribution in [2.75, 3.05) is 25.4 Å². The smallest absolute Gasteiger partial charge is 0.352 e. The number of carbonyl (C=O) groups is 2. The van der Waals surface area contributed by atoms with Gasteiger partial charge in [-0.05, 0) is 69.0 Å². The second kappa shape index (κ2) is 12.9. The average Bonchev–Trinajstić information content (AvgIpc) is 3.23. The number of anilines is 1. The number of nitrogens with two attached hydrogens (primary N) is 1. The van der Waals surface area contributed by atoms with Crippen LogP contribution >= 0.6 is 22.9 Å². The lowest BCUT2D eigenvalue weighted by molar-refractivity contribution is -0.139. The van der Waals surface area contributed by atoms with Crippen molar-refractivity contribution in [1.29, 1.82) is 0 Å². The van der Waals surface area contributed by atoms with E-state index in [9.17, 15) is 18.0 Å². The van der Waals surface area contributed by atoms with Gasteiger partial charge in [-0.25, -0.2) is 22.3 Å². The highest BCUT2D eigenvalue weighted by Gasteiger charge is 2.31. The summed E-state index contributed by atoms with van der Waals surface area (Å²) in [4.78, 5) is 24.6. The van der Waals surface area contributed by atoms with E-state index < -0.39 is 34.2 Å². The minimum Gasteiger partial charge on any atom is -0.490 e. The summed E-state index contributed by atoms with van der Waals surface area (Å²) in [6.07, 6.45) is 0.816. The van der Waals surface area contributed by atoms with Crippen molar-refractivity contribution >= 4 is 50.6 Å². The van der Waals surface area contributed by atoms with E-state index in [4.69, 9.17) is 36.7 Å². The maximum Gasteiger partial charge on any atom is 0.352 e. The molecule has 1 saturated heterocycles. The zero-order chi connectivity index (χ0) is 30.7. The number of hydrogen-bond acceptors (Lipinski definition) is 9. The number of aliphatic carboxylic acids is 1. The van der Waals surface area contributed by atoms with Crippen molar-refractivity contribution in [3.63, 3.8) is 0 Å². The highest BCUT2D eigenvalue weighted by atomic mass is 35.5. The minimum atomic E-state index is -3.51. The zero-order valence-electron chi connectivity index (χ0n) is 23.5. The molecule has 2 heterocycles. The fourth-order valence-electron chi connectivity index (χ4n) is 4.42. The molecule has 1 aromatic heterocycles. The fourth-order valence-corrected chi connectivity index (χ4v) is 7.41. The van der Waals surface area contributed by atoms with Crippen LogP contribution in [-0.2, 0) is 25.3 Å². The second-order valence-corrected chi connectivity index (χ2v) is 14.2. The van der Waals surface area contributed by atoms with E-state index in [2.05, 4.69) is 0 Å². The number of nitrogen functional groups attached to an aromatic ring is 1. The SMILES string of the molecule is CC(C)(C)OC(=O)c1sc(-c2cccc(OC3CCN(S(=O)(=O)Cc4cccc(N)c4)CC3)c2)c(Cl)c1OCC(=O)O. The molecule has 0 atom stereocenters. The lowest BCUT2D eigenvalue weighted by Crippen LogP contribution is -2.42. The van der Waals surface area contributed by atoms with E-state index in [0.29, 0.717) is 53.4 Å². The molecule has 4 rings (SSSR count). The van der Waals surface area contributed by atoms with Crippen LogP contribution in [0.3, 0.4) is 0 Å². The molecule has 0 saturated carbocycles. The standard InChI is InChI=1S/C29H33ClN2O8S2/c1-29(2,3)40-28(35)27-25(38-16-23(33)34)24(30)26(41-27)19-7-5-9-22(15-19)39-21-10-12-32(13-11-21)42(36,37)17-18-6-4-8-20(31)14-18/h4-9,14-15,21H,10-13,16-17,31H2,1-3H3,(H,33,34). The predicted octanol–water partition coefficient (Wildman–Crippen LogP) is 5.44. The molecule has 0 aliphatic carbocycles. The summed E-state index contributed by atoms with van der Waals surface area (Å²) >= 11 is 7.64. The van der Waals surface area contributed by atoms with Gasteiger partial charge in [-0.15, -0.1) is 11.3 Å². The number of thiophene rings is 1. The maximum atomic E-state index is 13.0. The Morgan fingerprint density at radius 3 is 2.45 bits per heavy atom. The number of halogens is 1. The number of hydrogen-bond donors (Lipinski definition) is 2. The van der Waals surface area contributed by atoms with Crippen molar-refractivity contribution in [2.24, 2.45) is 0 Å². The normalized spacial score (nSPS) is 14.9. The third kappa shape index (κ3) is 8.15. The van der Waals surface area contributed by atoms with E-state index in [0.717, 1.165) is 11.3 Å². The van der Waals surface area contributed by atoms with Gasteiger partial charge in [0.05, 0.1) is 10.6 Å². The first kappa shape index (κ1) is 31.6. The van der Waals surface area contributed by atoms with E-state index >= 15 is 0 Å². The molecule has 1 aliphatic rings. The number of carboxylic acids is 1. The zero-order valence-corrected chi connectivity index (χ0v) is 25.9. The molecule has 3 N–H and O–H groups in total. The van der Waals surface area contributed by atoms with Gasteiger partial charge in [-0.1, -0.05) is 35.9 Å². The third-order valence-corrected chi connectivity index (χ3v) is 9.75. The molecule has 0 radical (unpaired) electrons. The number of carbonyl (C=O) groups excluding carboxylic acids is 1. The van der Waals surface area contributed by atoms with E-state index in [-0.39, 0.29) is 27.5 Å². The van der Waals surface area contributed by atoms with Crippen molar-refractivity contribution < 1.29 is 37.3 Å². The van der Waals surface area contributed by atoms with Crippen LogP contribution in [0.25, 0.3) is 10.4 Å². The second-order valence-electron chi connectivity index (χ2n) is 10.8. The molecular weight excluding hydrogens is 604 g/mol. The van der Waals surface area contributed by atoms with Gasteiger partial charge in [-0.3, -0.25) is 0 Å². The molecule has 1 fully saturated rings. The van der Waals surface area contributed by atoms with Gasteiger partial charge in [0, 0.05) is 18.8 Å². The van der Waals surface area contributed by atoms with Crippen molar-refractivity contribution in [2.45, 2.75) is 51.1 Å². The summed E-state index contributed by atoms with van der Waals surface area (Å²) in [5.74, 6) is -1.51. The molecule has 0 spiro atoms. The first-order chi connectivity index (χ1) is 19.7. The lowest BCUT2D eigenvalue weighted by atomic mass is 10.1. The van der Waals surface area contributed by atoms with Crippen LogP contribution in [-0.4, -0.2) is 61.2 Å². The first-order valence-electron chi connectivity index (χ1n) is 13.2. The lowest BCUT2D eigenvalue weighted by Gasteiger charge is -2.31. The molecule has 0 amide bonds. The van der Waals surface area contributed by atoms with E-state index in [1.54, 1.807) is 69.3 Å². The van der Waals surface area contributed by atoms with Crippen molar-refractivity contribution in [3.8, 4) is 21.9 Å². The highest BCUT2D eigenvalue weighted by molar-refractivity contribution is 7.88. The Hall–Kier alpha value is -3.32. The van der Waals surface area contributed by atoms with Crippen LogP contribution in [0.2, 0.25) is 5.02 Å². The Balaban J connectivity index is 1.47. The highest BCUT2D eigenvalue weighted by Crippen LogP contribution is 2.46. The molecule has 2 aromatic carbocycles. The summed E-state index contributed by atoms with van der Waals surface area (Å²) in [7, 11) is -3.51. The van der Waals surface area contributed by atoms with E-state index in [1.165, 1.54) is 4.31 Å². The maximum absolute atomic E-state index is 13.0. The van der Waals surface area contributed by atoms with Gasteiger partial charge in [0.2, 0.25) is 10.0 Å². The average molecular weight is 637 g/mol. The number of ether oxygens (including phenoxy) is 3. The number of rotatable bonds is 10. The molecular formula is C29H33ClN2O8S2. The molecule has 13 heteroatoms. The monoisotopic (exact) mass is 636 g/mol. The van der Waals surface area contributed by atoms with Crippen LogP contribution < -0.4 is 15.2 Å². The Labute approximate surface area is 254 Å². The first-order valence-corrected chi connectivity index (χ1v) is 16.0. The van der Waals surface area contributed by atoms with Crippen LogP contribution in [0.5, 0.6) is 11.5 Å². The fraction of sp³-hybridized carbons (Fsp3) is 0.379. The van der Waals surface area contributed by atoms with Crippen molar-refractivity contribution in [3.05, 3.63) is 64.0 Å². The molecule has 0 unspecified atom stereocenters. The Bertz CT molecular complexity index is 1560. The van der Waals surface area contributed by atoms with Crippen LogP contribution in [0, 0.1) is 0 Å². The number of sulfonamides is 1. The summed E-state index contributed by atoms with van der Waals surface area (Å²) in [6, 6.07) is 14.0. The summed E-state index contributed by atoms with van der Waals surface area (Å²) in [6.45, 7) is 5.14. The largest absolute Gasteiger partial charge is 0.490 e. The Kier molecular flexibility index (Phi) is 9.71. The van der Waals surface area contributed by atoms with Gasteiger partial charge in [0.15, 0.2) is 17.2 Å². The summed E-state index contributed by atoms with van der Waals surface area (Å²) in [5, 5.41) is 9.19. The summed E-state index contributed by atoms with van der Waals surface area (Å²) < 4.78 is 44.5. The topological polar surface area (TPSA) is 145 Å². The van der Waals surface area contributed by atoms with Gasteiger partial charge in [-0.2, -0.15) is 0 Å². The number of piperidine rings is 1. The number of benzene rings is 2. The molecule has 42 heavy (non-hydrogen) atoms. The molecule has 226 valence electrons. The molecule has 0 bridgehead atoms. The molecule has 10 nitrogen and oxygen atoms in total. The number of nitrogens with zero attached hydrogens (tertiary/aromatic N) is 1. The number of esters is 1. The van der Waals surface area contributed by atoms with Gasteiger partial charge in [0.1, 0.15) is 22.5 Å². The Morgan fingerprint density at radius 2 is 1.81 bits per heavy atom. The predicted molar refractivity (Wildman–Crippen MR) is 162 cm³/mol. The van der Waals surface area contributed by atoms with Gasteiger partial charge >= 0.3 is 11.9 Å². The van der Waals surface area contributed by atoms with Gasteiger partial charge in [0.25, 0.3) is 0 Å². The van der Waals surface area contributed by atoms with Crippen molar-refractivity contribution in [1.82, 2.24) is 4.31 Å². The minimum absolute atomic E-state index is 0.0496. The van der Waals surface area contributed by atoms with Crippen LogP contribution in [0.1, 0.15) is 48.8 Å². The number of carboxylic acid groups (broad SMARTS) is 1. The third-order valence-electron chi connectivity index (χ3n) is 6.23. The van der Waals surface area contributed by atoms with Crippen LogP contribution in [0.4, 0.5) is 5.69 Å².